The average molecular weight is 344 g/mol. The first-order chi connectivity index (χ1) is 12.4. The van der Waals surface area contributed by atoms with Crippen LogP contribution < -0.4 is 10.5 Å². The summed E-state index contributed by atoms with van der Waals surface area (Å²) >= 11 is 0. The maximum absolute atomic E-state index is 8.91. The summed E-state index contributed by atoms with van der Waals surface area (Å²) in [6, 6.07) is 20.8. The first-order valence-corrected chi connectivity index (χ1v) is 8.80. The fraction of sp³-hybridized carbons (Fsp3) is 0.261. The van der Waals surface area contributed by atoms with Crippen LogP contribution >= 0.6 is 0 Å². The molecule has 0 aliphatic heterocycles. The highest BCUT2D eigenvalue weighted by atomic mass is 16.5. The molecule has 0 aliphatic rings. The predicted octanol–water partition coefficient (Wildman–Crippen LogP) is 5.17. The number of hydrogen-bond acceptors (Lipinski definition) is 3. The molecule has 3 heteroatoms. The lowest BCUT2D eigenvalue weighted by Crippen LogP contribution is -2.10. The Labute approximate surface area is 155 Å². The number of rotatable bonds is 4. The molecule has 0 saturated carbocycles. The van der Waals surface area contributed by atoms with Crippen molar-refractivity contribution in [2.24, 2.45) is 5.73 Å². The molecule has 26 heavy (non-hydrogen) atoms. The number of nitrogens with zero attached hydrogens (tertiary/aromatic N) is 1. The van der Waals surface area contributed by atoms with Crippen LogP contribution in [0.1, 0.15) is 31.9 Å². The molecule has 0 aromatic heterocycles. The molecule has 3 nitrogen and oxygen atoms in total. The number of nitrogens with two attached hydrogens (primary N) is 1. The molecule has 0 atom stereocenters. The molecule has 0 heterocycles. The lowest BCUT2D eigenvalue weighted by molar-refractivity contribution is 0.370. The van der Waals surface area contributed by atoms with Gasteiger partial charge in [0.05, 0.1) is 0 Å². The number of nitriles is 1. The fourth-order valence-electron chi connectivity index (χ4n) is 3.15. The monoisotopic (exact) mass is 344 g/mol. The standard InChI is InChI=1S/C23H24N2O/c1-23(2,3)19-8-5-17(6-9-19)22-20-10-4-16(15-25)14-18(20)7-11-21(22)26-13-12-24/h4-11,14H,13,15,25H2,1-3H3. The van der Waals surface area contributed by atoms with Crippen LogP contribution in [-0.4, -0.2) is 6.61 Å². The van der Waals surface area contributed by atoms with E-state index in [4.69, 9.17) is 15.7 Å². The Morgan fingerprint density at radius 2 is 1.73 bits per heavy atom. The molecule has 2 N–H and O–H groups in total. The van der Waals surface area contributed by atoms with Crippen LogP contribution in [0.15, 0.2) is 54.6 Å². The molecular weight excluding hydrogens is 320 g/mol. The van der Waals surface area contributed by atoms with E-state index < -0.39 is 0 Å². The minimum atomic E-state index is 0.0272. The first kappa shape index (κ1) is 18.0. The van der Waals surface area contributed by atoms with E-state index in [-0.39, 0.29) is 12.0 Å². The van der Waals surface area contributed by atoms with Crippen molar-refractivity contribution in [3.63, 3.8) is 0 Å². The van der Waals surface area contributed by atoms with Crippen LogP contribution in [-0.2, 0) is 12.0 Å². The van der Waals surface area contributed by atoms with Crippen molar-refractivity contribution in [1.82, 2.24) is 0 Å². The van der Waals surface area contributed by atoms with Crippen molar-refractivity contribution in [3.8, 4) is 22.9 Å². The molecule has 0 bridgehead atoms. The quantitative estimate of drug-likeness (QED) is 0.710. The molecular formula is C23H24N2O. The Morgan fingerprint density at radius 1 is 1.00 bits per heavy atom. The van der Waals surface area contributed by atoms with Crippen molar-refractivity contribution in [2.75, 3.05) is 6.61 Å². The summed E-state index contributed by atoms with van der Waals surface area (Å²) in [5.41, 5.74) is 10.4. The molecule has 0 amide bonds. The van der Waals surface area contributed by atoms with Crippen LogP contribution in [0.4, 0.5) is 0 Å². The van der Waals surface area contributed by atoms with Gasteiger partial charge in [0.15, 0.2) is 6.61 Å². The van der Waals surface area contributed by atoms with E-state index in [1.165, 1.54) is 5.56 Å². The summed E-state index contributed by atoms with van der Waals surface area (Å²) in [6.07, 6.45) is 0. The average Bonchev–Trinajstić information content (AvgIpc) is 2.64. The fourth-order valence-corrected chi connectivity index (χ4v) is 3.15. The van der Waals surface area contributed by atoms with E-state index in [0.717, 1.165) is 33.2 Å². The number of hydrogen-bond donors (Lipinski definition) is 1. The minimum absolute atomic E-state index is 0.0272. The van der Waals surface area contributed by atoms with Gasteiger partial charge in [-0.25, -0.2) is 0 Å². The second-order valence-corrected chi connectivity index (χ2v) is 7.47. The normalized spacial score (nSPS) is 11.3. The zero-order valence-corrected chi connectivity index (χ0v) is 15.5. The first-order valence-electron chi connectivity index (χ1n) is 8.80. The Balaban J connectivity index is 2.19. The van der Waals surface area contributed by atoms with Gasteiger partial charge in [0.1, 0.15) is 11.8 Å². The molecule has 0 unspecified atom stereocenters. The van der Waals surface area contributed by atoms with Gasteiger partial charge in [-0.15, -0.1) is 0 Å². The molecule has 0 aliphatic carbocycles. The van der Waals surface area contributed by atoms with Crippen molar-refractivity contribution in [1.29, 1.82) is 5.26 Å². The minimum Gasteiger partial charge on any atom is -0.478 e. The topological polar surface area (TPSA) is 59.0 Å². The maximum Gasteiger partial charge on any atom is 0.174 e. The maximum atomic E-state index is 8.91. The van der Waals surface area contributed by atoms with E-state index in [1.54, 1.807) is 0 Å². The molecule has 0 radical (unpaired) electrons. The highest BCUT2D eigenvalue weighted by molar-refractivity contribution is 6.00. The van der Waals surface area contributed by atoms with Gasteiger partial charge in [0.2, 0.25) is 0 Å². The van der Waals surface area contributed by atoms with Gasteiger partial charge in [0.25, 0.3) is 0 Å². The van der Waals surface area contributed by atoms with Gasteiger partial charge < -0.3 is 10.5 Å². The Bertz CT molecular complexity index is 960. The van der Waals surface area contributed by atoms with E-state index >= 15 is 0 Å². The van der Waals surface area contributed by atoms with Gasteiger partial charge in [-0.2, -0.15) is 5.26 Å². The lowest BCUT2D eigenvalue weighted by atomic mass is 9.85. The summed E-state index contributed by atoms with van der Waals surface area (Å²) in [5.74, 6) is 0.725. The zero-order chi connectivity index (χ0) is 18.7. The molecule has 3 aromatic rings. The third kappa shape index (κ3) is 3.56. The third-order valence-electron chi connectivity index (χ3n) is 4.61. The molecule has 0 saturated heterocycles. The third-order valence-corrected chi connectivity index (χ3v) is 4.61. The van der Waals surface area contributed by atoms with E-state index in [9.17, 15) is 0 Å². The van der Waals surface area contributed by atoms with Crippen LogP contribution in [0.5, 0.6) is 5.75 Å². The molecule has 0 spiro atoms. The zero-order valence-electron chi connectivity index (χ0n) is 15.5. The second kappa shape index (κ2) is 7.19. The highest BCUT2D eigenvalue weighted by Gasteiger charge is 2.16. The van der Waals surface area contributed by atoms with Gasteiger partial charge in [-0.1, -0.05) is 63.2 Å². The number of ether oxygens (including phenoxy) is 1. The lowest BCUT2D eigenvalue weighted by Gasteiger charge is -2.20. The van der Waals surface area contributed by atoms with E-state index in [1.807, 2.05) is 18.2 Å². The van der Waals surface area contributed by atoms with Crippen molar-refractivity contribution < 1.29 is 4.74 Å². The Hall–Kier alpha value is -2.83. The van der Waals surface area contributed by atoms with Gasteiger partial charge in [-0.3, -0.25) is 0 Å². The van der Waals surface area contributed by atoms with Gasteiger partial charge in [-0.05, 0) is 45.0 Å². The van der Waals surface area contributed by atoms with Gasteiger partial charge in [0, 0.05) is 12.1 Å². The largest absolute Gasteiger partial charge is 0.478 e. The summed E-state index contributed by atoms with van der Waals surface area (Å²) in [6.45, 7) is 7.15. The van der Waals surface area contributed by atoms with Crippen LogP contribution in [0, 0.1) is 11.3 Å². The smallest absolute Gasteiger partial charge is 0.174 e. The molecule has 3 aromatic carbocycles. The van der Waals surface area contributed by atoms with E-state index in [2.05, 4.69) is 63.2 Å². The predicted molar refractivity (Wildman–Crippen MR) is 107 cm³/mol. The van der Waals surface area contributed by atoms with Crippen LogP contribution in [0.25, 0.3) is 21.9 Å². The van der Waals surface area contributed by atoms with E-state index in [0.29, 0.717) is 6.54 Å². The van der Waals surface area contributed by atoms with Crippen molar-refractivity contribution >= 4 is 10.8 Å². The Kier molecular flexibility index (Phi) is 4.97. The number of benzene rings is 3. The Morgan fingerprint density at radius 3 is 2.35 bits per heavy atom. The SMILES string of the molecule is CC(C)(C)c1ccc(-c2c(OCC#N)ccc3cc(CN)ccc23)cc1. The molecule has 0 fully saturated rings. The molecule has 132 valence electrons. The van der Waals surface area contributed by atoms with Crippen LogP contribution in [0.3, 0.4) is 0 Å². The summed E-state index contributed by atoms with van der Waals surface area (Å²) in [4.78, 5) is 0. The van der Waals surface area contributed by atoms with Gasteiger partial charge >= 0.3 is 0 Å². The van der Waals surface area contributed by atoms with Crippen LogP contribution in [0.2, 0.25) is 0 Å². The summed E-state index contributed by atoms with van der Waals surface area (Å²) < 4.78 is 5.72. The summed E-state index contributed by atoms with van der Waals surface area (Å²) in [7, 11) is 0. The number of fused-ring (bicyclic) bond motifs is 1. The van der Waals surface area contributed by atoms with Crippen molar-refractivity contribution in [3.05, 3.63) is 65.7 Å². The molecule has 3 rings (SSSR count). The summed E-state index contributed by atoms with van der Waals surface area (Å²) in [5, 5.41) is 11.1. The highest BCUT2D eigenvalue weighted by Crippen LogP contribution is 2.38. The van der Waals surface area contributed by atoms with Crippen molar-refractivity contribution in [2.45, 2.75) is 32.7 Å². The second-order valence-electron chi connectivity index (χ2n) is 7.47.